The second-order valence-electron chi connectivity index (χ2n) is 6.31. The molecule has 1 aromatic heterocycles. The van der Waals surface area contributed by atoms with Crippen molar-refractivity contribution in [2.24, 2.45) is 5.41 Å². The summed E-state index contributed by atoms with van der Waals surface area (Å²) >= 11 is 2.21. The predicted octanol–water partition coefficient (Wildman–Crippen LogP) is 3.77. The van der Waals surface area contributed by atoms with Gasteiger partial charge >= 0.3 is 5.97 Å². The minimum atomic E-state index is -0.879. The molecule has 118 valence electrons. The van der Waals surface area contributed by atoms with Crippen LogP contribution in [-0.4, -0.2) is 22.7 Å². The summed E-state index contributed by atoms with van der Waals surface area (Å²) in [6.45, 7) is 7.16. The highest BCUT2D eigenvalue weighted by Crippen LogP contribution is 2.30. The van der Waals surface area contributed by atoms with Crippen molar-refractivity contribution in [2.45, 2.75) is 33.8 Å². The third kappa shape index (κ3) is 3.57. The van der Waals surface area contributed by atoms with Gasteiger partial charge in [0.15, 0.2) is 0 Å². The molecular formula is C17H20INO3. The number of carbonyl (C=O) groups is 1. The summed E-state index contributed by atoms with van der Waals surface area (Å²) in [5, 5.41) is 11.4. The number of carbonyl (C=O) groups excluding carboxylic acids is 1. The van der Waals surface area contributed by atoms with Crippen LogP contribution in [0.5, 0.6) is 0 Å². The smallest absolute Gasteiger partial charge is 0.311 e. The zero-order valence-corrected chi connectivity index (χ0v) is 15.3. The summed E-state index contributed by atoms with van der Waals surface area (Å²) in [5.74, 6) is -0.326. The van der Waals surface area contributed by atoms with Gasteiger partial charge in [0.2, 0.25) is 0 Å². The maximum Gasteiger partial charge on any atom is 0.311 e. The van der Waals surface area contributed by atoms with Crippen LogP contribution in [-0.2, 0) is 9.53 Å². The average molecular weight is 413 g/mol. The number of aromatic nitrogens is 1. The molecule has 4 nitrogen and oxygen atoms in total. The number of hydrogen-bond donors (Lipinski definition) is 1. The van der Waals surface area contributed by atoms with Crippen LogP contribution >= 0.6 is 22.6 Å². The molecule has 0 aliphatic rings. The van der Waals surface area contributed by atoms with Crippen LogP contribution in [0.25, 0.3) is 10.9 Å². The van der Waals surface area contributed by atoms with Gasteiger partial charge in [0, 0.05) is 20.2 Å². The first kappa shape index (κ1) is 17.1. The molecule has 0 aliphatic heterocycles. The van der Waals surface area contributed by atoms with Crippen LogP contribution in [0, 0.1) is 15.9 Å². The van der Waals surface area contributed by atoms with E-state index in [2.05, 4.69) is 27.6 Å². The Bertz CT molecular complexity index is 707. The van der Waals surface area contributed by atoms with E-state index in [1.165, 1.54) is 0 Å². The van der Waals surface area contributed by atoms with Crippen molar-refractivity contribution in [2.75, 3.05) is 6.61 Å². The van der Waals surface area contributed by atoms with E-state index in [4.69, 9.17) is 4.74 Å². The molecular weight excluding hydrogens is 393 g/mol. The highest BCUT2D eigenvalue weighted by molar-refractivity contribution is 14.1. The third-order valence-corrected chi connectivity index (χ3v) is 4.54. The van der Waals surface area contributed by atoms with E-state index >= 15 is 0 Å². The minimum Gasteiger partial charge on any atom is -0.462 e. The number of fused-ring (bicyclic) bond motifs is 1. The lowest BCUT2D eigenvalue weighted by molar-refractivity contribution is -0.156. The topological polar surface area (TPSA) is 59.4 Å². The van der Waals surface area contributed by atoms with Gasteiger partial charge in [0.1, 0.15) is 12.7 Å². The molecule has 0 bridgehead atoms. The molecule has 2 rings (SSSR count). The number of pyridine rings is 1. The maximum atomic E-state index is 11.8. The fourth-order valence-corrected chi connectivity index (χ4v) is 3.35. The lowest BCUT2D eigenvalue weighted by atomic mass is 9.97. The molecule has 0 unspecified atom stereocenters. The number of halogens is 1. The van der Waals surface area contributed by atoms with Crippen molar-refractivity contribution >= 4 is 39.5 Å². The summed E-state index contributed by atoms with van der Waals surface area (Å²) in [5.41, 5.74) is 1.79. The minimum absolute atomic E-state index is 0.0625. The molecule has 0 saturated carbocycles. The van der Waals surface area contributed by atoms with Gasteiger partial charge in [-0.1, -0.05) is 18.2 Å². The molecule has 0 radical (unpaired) electrons. The zero-order chi connectivity index (χ0) is 16.5. The lowest BCUT2D eigenvalue weighted by Crippen LogP contribution is -2.25. The molecule has 1 aromatic carbocycles. The van der Waals surface area contributed by atoms with Crippen LogP contribution in [0.2, 0.25) is 0 Å². The van der Waals surface area contributed by atoms with Crippen molar-refractivity contribution in [3.63, 3.8) is 0 Å². The fourth-order valence-electron chi connectivity index (χ4n) is 2.14. The molecule has 1 atom stereocenters. The quantitative estimate of drug-likeness (QED) is 0.615. The van der Waals surface area contributed by atoms with Crippen molar-refractivity contribution < 1.29 is 14.6 Å². The summed E-state index contributed by atoms with van der Waals surface area (Å²) in [4.78, 5) is 16.4. The Morgan fingerprint density at radius 3 is 2.64 bits per heavy atom. The highest BCUT2D eigenvalue weighted by atomic mass is 127. The standard InChI is InChI=1S/C17H20INO3/c1-10-14(13(20)9-22-16(21)17(2,3)4)15(18)11-7-5-6-8-12(11)19-10/h5-8,13,20H,9H2,1-4H3/t13-/m1/s1. The summed E-state index contributed by atoms with van der Waals surface area (Å²) < 4.78 is 6.17. The summed E-state index contributed by atoms with van der Waals surface area (Å²) in [7, 11) is 0. The Balaban J connectivity index is 2.28. The Morgan fingerprint density at radius 2 is 2.00 bits per heavy atom. The van der Waals surface area contributed by atoms with Gasteiger partial charge in [0.25, 0.3) is 0 Å². The van der Waals surface area contributed by atoms with Gasteiger partial charge in [-0.05, 0) is 56.4 Å². The van der Waals surface area contributed by atoms with Crippen molar-refractivity contribution in [3.8, 4) is 0 Å². The second kappa shape index (κ2) is 6.50. The van der Waals surface area contributed by atoms with E-state index in [-0.39, 0.29) is 12.6 Å². The van der Waals surface area contributed by atoms with Gasteiger partial charge in [0.05, 0.1) is 10.9 Å². The van der Waals surface area contributed by atoms with Crippen molar-refractivity contribution in [1.82, 2.24) is 4.98 Å². The van der Waals surface area contributed by atoms with Crippen LogP contribution < -0.4 is 0 Å². The largest absolute Gasteiger partial charge is 0.462 e. The van der Waals surface area contributed by atoms with Crippen molar-refractivity contribution in [3.05, 3.63) is 39.1 Å². The number of esters is 1. The number of benzene rings is 1. The SMILES string of the molecule is Cc1nc2ccccc2c(I)c1[C@H](O)COC(=O)C(C)(C)C. The first-order valence-corrected chi connectivity index (χ1v) is 8.19. The fraction of sp³-hybridized carbons (Fsp3) is 0.412. The first-order valence-electron chi connectivity index (χ1n) is 7.12. The van der Waals surface area contributed by atoms with Gasteiger partial charge < -0.3 is 9.84 Å². The Morgan fingerprint density at radius 1 is 1.36 bits per heavy atom. The number of nitrogens with zero attached hydrogens (tertiary/aromatic N) is 1. The number of aliphatic hydroxyl groups is 1. The zero-order valence-electron chi connectivity index (χ0n) is 13.2. The van der Waals surface area contributed by atoms with Gasteiger partial charge in [-0.25, -0.2) is 0 Å². The van der Waals surface area contributed by atoms with E-state index in [9.17, 15) is 9.90 Å². The average Bonchev–Trinajstić information content (AvgIpc) is 2.43. The number of rotatable bonds is 3. The van der Waals surface area contributed by atoms with Crippen LogP contribution in [0.3, 0.4) is 0 Å². The number of hydrogen-bond acceptors (Lipinski definition) is 4. The number of ether oxygens (including phenoxy) is 1. The number of aliphatic hydroxyl groups excluding tert-OH is 1. The highest BCUT2D eigenvalue weighted by Gasteiger charge is 2.25. The monoisotopic (exact) mass is 413 g/mol. The molecule has 22 heavy (non-hydrogen) atoms. The second-order valence-corrected chi connectivity index (χ2v) is 7.39. The van der Waals surface area contributed by atoms with E-state index in [1.54, 1.807) is 20.8 Å². The Hall–Kier alpha value is -1.21. The van der Waals surface area contributed by atoms with Crippen LogP contribution in [0.4, 0.5) is 0 Å². The van der Waals surface area contributed by atoms with Crippen molar-refractivity contribution in [1.29, 1.82) is 0 Å². The Kier molecular flexibility index (Phi) is 5.07. The molecule has 0 spiro atoms. The summed E-state index contributed by atoms with van der Waals surface area (Å²) in [6.07, 6.45) is -0.879. The maximum absolute atomic E-state index is 11.8. The molecule has 5 heteroatoms. The normalized spacial score (nSPS) is 13.2. The van der Waals surface area contributed by atoms with Crippen LogP contribution in [0.1, 0.15) is 38.1 Å². The van der Waals surface area contributed by atoms with Gasteiger partial charge in [-0.2, -0.15) is 0 Å². The number of aryl methyl sites for hydroxylation is 1. The van der Waals surface area contributed by atoms with E-state index in [0.717, 1.165) is 25.7 Å². The molecule has 0 fully saturated rings. The molecule has 0 amide bonds. The molecule has 1 N–H and O–H groups in total. The molecule has 2 aromatic rings. The van der Waals surface area contributed by atoms with E-state index < -0.39 is 11.5 Å². The summed E-state index contributed by atoms with van der Waals surface area (Å²) in [6, 6.07) is 7.80. The number of para-hydroxylation sites is 1. The van der Waals surface area contributed by atoms with Crippen LogP contribution in [0.15, 0.2) is 24.3 Å². The Labute approximate surface area is 144 Å². The molecule has 1 heterocycles. The molecule has 0 saturated heterocycles. The lowest BCUT2D eigenvalue weighted by Gasteiger charge is -2.20. The van der Waals surface area contributed by atoms with Gasteiger partial charge in [-0.15, -0.1) is 0 Å². The van der Waals surface area contributed by atoms with E-state index in [0.29, 0.717) is 0 Å². The third-order valence-electron chi connectivity index (χ3n) is 3.37. The van der Waals surface area contributed by atoms with E-state index in [1.807, 2.05) is 31.2 Å². The van der Waals surface area contributed by atoms with Gasteiger partial charge in [-0.3, -0.25) is 9.78 Å². The first-order chi connectivity index (χ1) is 10.2. The predicted molar refractivity (Wildman–Crippen MR) is 94.6 cm³/mol. The molecule has 0 aliphatic carbocycles.